The van der Waals surface area contributed by atoms with Crippen molar-refractivity contribution in [2.24, 2.45) is 0 Å². The number of nitrogens with zero attached hydrogens (tertiary/aromatic N) is 4. The molecule has 9 heteroatoms. The van der Waals surface area contributed by atoms with Crippen LogP contribution in [0.4, 0.5) is 22.0 Å². The predicted molar refractivity (Wildman–Crippen MR) is 117 cm³/mol. The van der Waals surface area contributed by atoms with Gasteiger partial charge in [0.15, 0.2) is 5.65 Å². The molecule has 0 unspecified atom stereocenters. The van der Waals surface area contributed by atoms with Crippen LogP contribution in [-0.4, -0.2) is 39.1 Å². The first kappa shape index (κ1) is 19.0. The average Bonchev–Trinajstić information content (AvgIpc) is 3.23. The lowest BCUT2D eigenvalue weighted by Crippen LogP contribution is -2.33. The van der Waals surface area contributed by atoms with E-state index in [1.54, 1.807) is 6.20 Å². The van der Waals surface area contributed by atoms with Gasteiger partial charge >= 0.3 is 6.03 Å². The molecule has 1 aliphatic heterocycles. The fourth-order valence-corrected chi connectivity index (χ4v) is 3.56. The Morgan fingerprint density at radius 2 is 2.10 bits per heavy atom. The van der Waals surface area contributed by atoms with E-state index in [1.807, 2.05) is 55.6 Å². The van der Waals surface area contributed by atoms with Gasteiger partial charge in [-0.05, 0) is 29.8 Å². The zero-order valence-corrected chi connectivity index (χ0v) is 16.9. The van der Waals surface area contributed by atoms with E-state index in [0.29, 0.717) is 23.6 Å². The maximum absolute atomic E-state index is 13.0. The van der Waals surface area contributed by atoms with E-state index in [1.165, 1.54) is 10.9 Å². The van der Waals surface area contributed by atoms with Crippen LogP contribution < -0.4 is 16.0 Å². The van der Waals surface area contributed by atoms with Crippen LogP contribution in [0.3, 0.4) is 0 Å². The van der Waals surface area contributed by atoms with E-state index in [9.17, 15) is 4.79 Å². The average molecular weight is 415 g/mol. The number of aromatic nitrogens is 4. The van der Waals surface area contributed by atoms with Gasteiger partial charge in [0.05, 0.1) is 24.5 Å². The molecule has 0 radical (unpaired) electrons. The van der Waals surface area contributed by atoms with Crippen molar-refractivity contribution in [2.75, 3.05) is 24.2 Å². The summed E-state index contributed by atoms with van der Waals surface area (Å²) < 4.78 is 7.55. The van der Waals surface area contributed by atoms with Gasteiger partial charge < -0.3 is 20.7 Å². The second-order valence-electron chi connectivity index (χ2n) is 7.16. The zero-order valence-electron chi connectivity index (χ0n) is 16.9. The van der Waals surface area contributed by atoms with Crippen molar-refractivity contribution in [3.63, 3.8) is 0 Å². The molecule has 0 fully saturated rings. The fraction of sp³-hybridized carbons (Fsp3) is 0.182. The highest BCUT2D eigenvalue weighted by Crippen LogP contribution is 2.27. The highest BCUT2D eigenvalue weighted by molar-refractivity contribution is 5.94. The third-order valence-corrected chi connectivity index (χ3v) is 5.10. The van der Waals surface area contributed by atoms with Crippen molar-refractivity contribution >= 4 is 34.4 Å². The molecule has 1 aliphatic rings. The Morgan fingerprint density at radius 1 is 1.16 bits per heavy atom. The summed E-state index contributed by atoms with van der Waals surface area (Å²) in [6.07, 6.45) is 2.78. The summed E-state index contributed by atoms with van der Waals surface area (Å²) in [6.45, 7) is 0.628. The van der Waals surface area contributed by atoms with Crippen LogP contribution in [-0.2, 0) is 11.3 Å². The number of hydrogen-bond acceptors (Lipinski definition) is 7. The molecule has 4 bridgehead atoms. The van der Waals surface area contributed by atoms with Crippen LogP contribution in [0.5, 0.6) is 0 Å². The Labute approximate surface area is 178 Å². The van der Waals surface area contributed by atoms with Crippen molar-refractivity contribution in [3.05, 3.63) is 72.3 Å². The minimum absolute atomic E-state index is 0.256. The smallest absolute Gasteiger partial charge is 0.328 e. The van der Waals surface area contributed by atoms with E-state index < -0.39 is 6.10 Å². The van der Waals surface area contributed by atoms with Crippen LogP contribution in [0.1, 0.15) is 17.4 Å². The SMILES string of the molecule is CNc1cc2nc3c1ncn3C(=O)NC[C@@H](c1ccccn1)OCc1cccc(c1)N2. The van der Waals surface area contributed by atoms with Crippen molar-refractivity contribution in [3.8, 4) is 0 Å². The molecule has 3 N–H and O–H groups in total. The van der Waals surface area contributed by atoms with Crippen LogP contribution in [0, 0.1) is 0 Å². The van der Waals surface area contributed by atoms with Gasteiger partial charge in [-0.15, -0.1) is 0 Å². The topological polar surface area (TPSA) is 106 Å². The summed E-state index contributed by atoms with van der Waals surface area (Å²) in [6, 6.07) is 15.1. The summed E-state index contributed by atoms with van der Waals surface area (Å²) in [5.74, 6) is 0.605. The molecule has 31 heavy (non-hydrogen) atoms. The number of benzene rings is 1. The second kappa shape index (κ2) is 8.04. The molecule has 0 aliphatic carbocycles. The molecule has 0 spiro atoms. The van der Waals surface area contributed by atoms with Gasteiger partial charge in [-0.1, -0.05) is 18.2 Å². The molecule has 4 aromatic rings. The standard InChI is InChI=1S/C22H21N7O2/c1-23-17-10-19-27-15-6-4-5-14(9-15)12-31-18(16-7-2-3-8-24-16)11-25-22(30)29-13-26-20(17)21(29)28-19/h2-10,13,18H,11-12H2,1H3,(H,25,30)(H2,23,27,28)/t18-/m0/s1. The van der Waals surface area contributed by atoms with Crippen LogP contribution in [0.15, 0.2) is 61.1 Å². The van der Waals surface area contributed by atoms with E-state index in [-0.39, 0.29) is 12.6 Å². The molecular formula is C22H21N7O2. The molecule has 0 saturated heterocycles. The third-order valence-electron chi connectivity index (χ3n) is 5.10. The number of imidazole rings is 1. The molecule has 9 nitrogen and oxygen atoms in total. The molecule has 0 saturated carbocycles. The maximum atomic E-state index is 13.0. The lowest BCUT2D eigenvalue weighted by Gasteiger charge is -2.19. The third kappa shape index (κ3) is 3.78. The van der Waals surface area contributed by atoms with Crippen LogP contribution in [0.25, 0.3) is 11.2 Å². The molecule has 1 atom stereocenters. The van der Waals surface area contributed by atoms with Gasteiger partial charge in [-0.25, -0.2) is 19.3 Å². The molecule has 156 valence electrons. The second-order valence-corrected chi connectivity index (χ2v) is 7.16. The van der Waals surface area contributed by atoms with Crippen LogP contribution >= 0.6 is 0 Å². The highest BCUT2D eigenvalue weighted by Gasteiger charge is 2.19. The largest absolute Gasteiger partial charge is 0.386 e. The Kier molecular flexibility index (Phi) is 4.93. The Hall–Kier alpha value is -3.98. The number of pyridine rings is 2. The summed E-state index contributed by atoms with van der Waals surface area (Å²) in [4.78, 5) is 26.4. The number of fused-ring (bicyclic) bond motifs is 3. The normalized spacial score (nSPS) is 16.4. The van der Waals surface area contributed by atoms with Gasteiger partial charge in [-0.3, -0.25) is 4.98 Å². The van der Waals surface area contributed by atoms with E-state index in [0.717, 1.165) is 22.6 Å². The van der Waals surface area contributed by atoms with Gasteiger partial charge in [0, 0.05) is 25.0 Å². The number of ether oxygens (including phenoxy) is 1. The Bertz CT molecular complexity index is 1240. The van der Waals surface area contributed by atoms with Gasteiger partial charge in [0.2, 0.25) is 0 Å². The van der Waals surface area contributed by atoms with Crippen molar-refractivity contribution < 1.29 is 9.53 Å². The van der Waals surface area contributed by atoms with Crippen molar-refractivity contribution in [1.82, 2.24) is 24.8 Å². The molecule has 5 rings (SSSR count). The number of rotatable bonds is 2. The van der Waals surface area contributed by atoms with E-state index in [2.05, 4.69) is 30.9 Å². The minimum Gasteiger partial charge on any atom is -0.386 e. The zero-order chi connectivity index (χ0) is 21.2. The summed E-state index contributed by atoms with van der Waals surface area (Å²) >= 11 is 0. The van der Waals surface area contributed by atoms with Gasteiger partial charge in [0.25, 0.3) is 0 Å². The highest BCUT2D eigenvalue weighted by atomic mass is 16.5. The number of hydrogen-bond donors (Lipinski definition) is 3. The molecular weight excluding hydrogens is 394 g/mol. The number of carbonyl (C=O) groups excluding carboxylic acids is 1. The van der Waals surface area contributed by atoms with Gasteiger partial charge in [0.1, 0.15) is 23.8 Å². The first-order valence-corrected chi connectivity index (χ1v) is 9.94. The lowest BCUT2D eigenvalue weighted by molar-refractivity contribution is 0.0387. The Balaban J connectivity index is 1.60. The molecule has 3 aromatic heterocycles. The number of carbonyl (C=O) groups is 1. The molecule has 4 heterocycles. The van der Waals surface area contributed by atoms with Crippen molar-refractivity contribution in [1.29, 1.82) is 0 Å². The van der Waals surface area contributed by atoms with E-state index in [4.69, 9.17) is 4.74 Å². The number of nitrogens with one attached hydrogen (secondary N) is 3. The summed E-state index contributed by atoms with van der Waals surface area (Å²) in [5.41, 5.74) is 4.46. The number of anilines is 3. The Morgan fingerprint density at radius 3 is 2.94 bits per heavy atom. The summed E-state index contributed by atoms with van der Waals surface area (Å²) in [5, 5.41) is 9.36. The molecule has 1 aromatic carbocycles. The van der Waals surface area contributed by atoms with Gasteiger partial charge in [-0.2, -0.15) is 0 Å². The van der Waals surface area contributed by atoms with Crippen molar-refractivity contribution in [2.45, 2.75) is 12.7 Å². The van der Waals surface area contributed by atoms with Crippen LogP contribution in [0.2, 0.25) is 0 Å². The fourth-order valence-electron chi connectivity index (χ4n) is 3.56. The minimum atomic E-state index is -0.407. The lowest BCUT2D eigenvalue weighted by atomic mass is 10.2. The molecule has 1 amide bonds. The quantitative estimate of drug-likeness (QED) is 0.460. The first-order valence-electron chi connectivity index (χ1n) is 9.94. The summed E-state index contributed by atoms with van der Waals surface area (Å²) in [7, 11) is 1.81. The van der Waals surface area contributed by atoms with E-state index >= 15 is 0 Å². The predicted octanol–water partition coefficient (Wildman–Crippen LogP) is 3.44. The number of amides is 1. The first-order chi connectivity index (χ1) is 15.2. The monoisotopic (exact) mass is 415 g/mol. The maximum Gasteiger partial charge on any atom is 0.328 e.